The Hall–Kier alpha value is -2.19. The van der Waals surface area contributed by atoms with E-state index in [0.29, 0.717) is 12.4 Å². The molecule has 0 bridgehead atoms. The van der Waals surface area contributed by atoms with Crippen LogP contribution >= 0.6 is 0 Å². The highest BCUT2D eigenvalue weighted by atomic mass is 16.2. The molecule has 9 heteroatoms. The molecule has 0 aliphatic carbocycles. The zero-order chi connectivity index (χ0) is 16.2. The Morgan fingerprint density at radius 1 is 1.17 bits per heavy atom. The molecule has 1 N–H and O–H groups in total. The van der Waals surface area contributed by atoms with Crippen molar-refractivity contribution in [3.8, 4) is 0 Å². The number of carbonyl (C=O) groups is 2. The second-order valence-corrected chi connectivity index (χ2v) is 6.17. The smallest absolute Gasteiger partial charge is 0.320 e. The van der Waals surface area contributed by atoms with Crippen molar-refractivity contribution >= 4 is 11.9 Å². The van der Waals surface area contributed by atoms with Gasteiger partial charge in [0.1, 0.15) is 0 Å². The van der Waals surface area contributed by atoms with Crippen LogP contribution in [0, 0.1) is 5.92 Å². The number of aryl methyl sites for hydroxylation is 1. The first-order chi connectivity index (χ1) is 11.1. The van der Waals surface area contributed by atoms with Crippen molar-refractivity contribution in [3.05, 3.63) is 5.82 Å². The Balaban J connectivity index is 1.50. The van der Waals surface area contributed by atoms with Crippen LogP contribution in [0.4, 0.5) is 4.79 Å². The highest BCUT2D eigenvalue weighted by Crippen LogP contribution is 2.20. The standard InChI is InChI=1S/C14H23N7O2/c1-19-17-12(16-18-19)9-15-13(22)11-5-4-8-21(10-11)14(23)20-6-2-3-7-20/h11H,2-10H2,1H3,(H,15,22)/t11-/m1/s1. The number of tetrazole rings is 1. The van der Waals surface area contributed by atoms with Crippen LogP contribution in [0.1, 0.15) is 31.5 Å². The van der Waals surface area contributed by atoms with Crippen molar-refractivity contribution in [2.75, 3.05) is 26.2 Å². The topological polar surface area (TPSA) is 96.2 Å². The predicted molar refractivity (Wildman–Crippen MR) is 81.1 cm³/mol. The Morgan fingerprint density at radius 3 is 2.61 bits per heavy atom. The van der Waals surface area contributed by atoms with E-state index in [9.17, 15) is 9.59 Å². The van der Waals surface area contributed by atoms with Crippen LogP contribution in [0.5, 0.6) is 0 Å². The first kappa shape index (κ1) is 15.7. The van der Waals surface area contributed by atoms with E-state index in [0.717, 1.165) is 45.3 Å². The second-order valence-electron chi connectivity index (χ2n) is 6.17. The summed E-state index contributed by atoms with van der Waals surface area (Å²) in [6.07, 6.45) is 3.83. The van der Waals surface area contributed by atoms with Crippen molar-refractivity contribution in [1.82, 2.24) is 35.3 Å². The molecule has 0 radical (unpaired) electrons. The number of rotatable bonds is 3. The summed E-state index contributed by atoms with van der Waals surface area (Å²) in [5.74, 6) is 0.282. The molecule has 3 heterocycles. The van der Waals surface area contributed by atoms with Gasteiger partial charge in [0, 0.05) is 26.2 Å². The number of nitrogens with one attached hydrogen (secondary N) is 1. The van der Waals surface area contributed by atoms with Crippen LogP contribution in [-0.2, 0) is 18.4 Å². The molecule has 1 atom stereocenters. The summed E-state index contributed by atoms with van der Waals surface area (Å²) in [5.41, 5.74) is 0. The molecule has 3 rings (SSSR count). The number of piperidine rings is 1. The number of hydrogen-bond acceptors (Lipinski definition) is 5. The summed E-state index contributed by atoms with van der Waals surface area (Å²) in [6, 6.07) is 0.0793. The number of likely N-dealkylation sites (tertiary alicyclic amines) is 2. The maximum Gasteiger partial charge on any atom is 0.320 e. The van der Waals surface area contributed by atoms with Crippen LogP contribution in [0.15, 0.2) is 0 Å². The van der Waals surface area contributed by atoms with Gasteiger partial charge in [0.05, 0.1) is 19.5 Å². The van der Waals surface area contributed by atoms with Crippen molar-refractivity contribution in [1.29, 1.82) is 0 Å². The summed E-state index contributed by atoms with van der Waals surface area (Å²) in [4.78, 5) is 29.8. The zero-order valence-electron chi connectivity index (χ0n) is 13.4. The molecule has 3 amide bonds. The second kappa shape index (κ2) is 6.93. The third-order valence-electron chi connectivity index (χ3n) is 4.41. The van der Waals surface area contributed by atoms with Gasteiger partial charge in [-0.25, -0.2) is 4.79 Å². The van der Waals surface area contributed by atoms with Gasteiger partial charge in [0.15, 0.2) is 5.82 Å². The molecule has 2 aliphatic rings. The van der Waals surface area contributed by atoms with E-state index >= 15 is 0 Å². The lowest BCUT2D eigenvalue weighted by molar-refractivity contribution is -0.126. The lowest BCUT2D eigenvalue weighted by Crippen LogP contribution is -2.49. The van der Waals surface area contributed by atoms with Gasteiger partial charge in [-0.1, -0.05) is 0 Å². The molecule has 0 unspecified atom stereocenters. The predicted octanol–water partition coefficient (Wildman–Crippen LogP) is -0.246. The first-order valence-corrected chi connectivity index (χ1v) is 8.18. The molecule has 23 heavy (non-hydrogen) atoms. The minimum Gasteiger partial charge on any atom is -0.348 e. The van der Waals surface area contributed by atoms with E-state index in [2.05, 4.69) is 20.7 Å². The molecule has 2 saturated heterocycles. The van der Waals surface area contributed by atoms with Crippen LogP contribution in [-0.4, -0.2) is 68.1 Å². The Labute approximate surface area is 135 Å². The SMILES string of the molecule is Cn1nnc(CNC(=O)[C@@H]2CCCN(C(=O)N3CCCC3)C2)n1. The monoisotopic (exact) mass is 321 g/mol. The molecule has 0 aromatic carbocycles. The van der Waals surface area contributed by atoms with Crippen LogP contribution in [0.3, 0.4) is 0 Å². The van der Waals surface area contributed by atoms with Crippen molar-refractivity contribution in [2.24, 2.45) is 13.0 Å². The van der Waals surface area contributed by atoms with Gasteiger partial charge < -0.3 is 15.1 Å². The lowest BCUT2D eigenvalue weighted by atomic mass is 9.97. The molecule has 0 spiro atoms. The average molecular weight is 321 g/mol. The third-order valence-corrected chi connectivity index (χ3v) is 4.41. The number of amides is 3. The molecule has 1 aromatic rings. The summed E-state index contributed by atoms with van der Waals surface area (Å²) in [7, 11) is 1.68. The fraction of sp³-hybridized carbons (Fsp3) is 0.786. The Bertz CT molecular complexity index is 567. The zero-order valence-corrected chi connectivity index (χ0v) is 13.4. The third kappa shape index (κ3) is 3.77. The number of urea groups is 1. The molecule has 2 aliphatic heterocycles. The molecule has 126 valence electrons. The largest absolute Gasteiger partial charge is 0.348 e. The summed E-state index contributed by atoms with van der Waals surface area (Å²) >= 11 is 0. The summed E-state index contributed by atoms with van der Waals surface area (Å²) in [6.45, 7) is 3.18. The van der Waals surface area contributed by atoms with E-state index in [4.69, 9.17) is 0 Å². The molecule has 9 nitrogen and oxygen atoms in total. The van der Waals surface area contributed by atoms with Gasteiger partial charge in [0.2, 0.25) is 5.91 Å². The number of nitrogens with zero attached hydrogens (tertiary/aromatic N) is 6. The van der Waals surface area contributed by atoms with Crippen molar-refractivity contribution < 1.29 is 9.59 Å². The van der Waals surface area contributed by atoms with Crippen molar-refractivity contribution in [2.45, 2.75) is 32.2 Å². The molecular formula is C14H23N7O2. The van der Waals surface area contributed by atoms with E-state index in [-0.39, 0.29) is 24.4 Å². The van der Waals surface area contributed by atoms with E-state index < -0.39 is 0 Å². The van der Waals surface area contributed by atoms with E-state index in [1.54, 1.807) is 7.05 Å². The van der Waals surface area contributed by atoms with Gasteiger partial charge in [-0.05, 0) is 30.9 Å². The quantitative estimate of drug-likeness (QED) is 0.828. The van der Waals surface area contributed by atoms with Crippen LogP contribution in [0.25, 0.3) is 0 Å². The highest BCUT2D eigenvalue weighted by Gasteiger charge is 2.31. The Morgan fingerprint density at radius 2 is 1.91 bits per heavy atom. The number of carbonyl (C=O) groups excluding carboxylic acids is 2. The molecule has 2 fully saturated rings. The average Bonchev–Trinajstić information content (AvgIpc) is 3.23. The van der Waals surface area contributed by atoms with Crippen LogP contribution in [0.2, 0.25) is 0 Å². The molecule has 0 saturated carbocycles. The number of aromatic nitrogens is 4. The molecular weight excluding hydrogens is 298 g/mol. The summed E-state index contributed by atoms with van der Waals surface area (Å²) in [5, 5.41) is 14.5. The van der Waals surface area contributed by atoms with Gasteiger partial charge in [-0.3, -0.25) is 4.79 Å². The minimum absolute atomic E-state index is 0.0450. The van der Waals surface area contributed by atoms with Crippen LogP contribution < -0.4 is 5.32 Å². The van der Waals surface area contributed by atoms with E-state index in [1.165, 1.54) is 4.80 Å². The minimum atomic E-state index is -0.160. The van der Waals surface area contributed by atoms with Crippen molar-refractivity contribution in [3.63, 3.8) is 0 Å². The fourth-order valence-corrected chi connectivity index (χ4v) is 3.18. The molecule has 1 aromatic heterocycles. The van der Waals surface area contributed by atoms with E-state index in [1.807, 2.05) is 9.80 Å². The Kier molecular flexibility index (Phi) is 4.73. The fourth-order valence-electron chi connectivity index (χ4n) is 3.18. The van der Waals surface area contributed by atoms with Gasteiger partial charge in [-0.2, -0.15) is 4.80 Å². The normalized spacial score (nSPS) is 21.5. The van der Waals surface area contributed by atoms with Gasteiger partial charge in [-0.15, -0.1) is 10.2 Å². The summed E-state index contributed by atoms with van der Waals surface area (Å²) < 4.78 is 0. The highest BCUT2D eigenvalue weighted by molar-refractivity contribution is 5.80. The first-order valence-electron chi connectivity index (χ1n) is 8.18. The van der Waals surface area contributed by atoms with Gasteiger partial charge >= 0.3 is 6.03 Å². The van der Waals surface area contributed by atoms with Gasteiger partial charge in [0.25, 0.3) is 0 Å². The maximum atomic E-state index is 12.4. The lowest BCUT2D eigenvalue weighted by Gasteiger charge is -2.34. The maximum absolute atomic E-state index is 12.4. The number of hydrogen-bond donors (Lipinski definition) is 1.